The molecule has 3 aromatic rings. The number of rotatable bonds is 6. The lowest BCUT2D eigenvalue weighted by Crippen LogP contribution is -2.46. The van der Waals surface area contributed by atoms with Crippen molar-refractivity contribution in [2.24, 2.45) is 0 Å². The van der Waals surface area contributed by atoms with E-state index in [0.29, 0.717) is 5.69 Å². The minimum Gasteiger partial charge on any atom is -0.354 e. The molecule has 0 atom stereocenters. The molecule has 1 aromatic carbocycles. The van der Waals surface area contributed by atoms with Gasteiger partial charge in [0.05, 0.1) is 17.6 Å². The number of carbonyl (C=O) groups is 1. The number of anilines is 2. The lowest BCUT2D eigenvalue weighted by Gasteiger charge is -2.35. The van der Waals surface area contributed by atoms with E-state index in [-0.39, 0.29) is 5.91 Å². The first kappa shape index (κ1) is 19.8. The van der Waals surface area contributed by atoms with Crippen LogP contribution < -0.4 is 10.2 Å². The van der Waals surface area contributed by atoms with Crippen LogP contribution in [-0.4, -0.2) is 47.0 Å². The molecule has 3 heterocycles. The van der Waals surface area contributed by atoms with E-state index in [4.69, 9.17) is 0 Å². The second kappa shape index (κ2) is 9.80. The summed E-state index contributed by atoms with van der Waals surface area (Å²) in [5.74, 6) is 0.766. The molecular weight excluding hydrogens is 374 g/mol. The van der Waals surface area contributed by atoms with E-state index in [1.165, 1.54) is 6.08 Å². The Labute approximate surface area is 176 Å². The minimum atomic E-state index is -0.170. The first-order chi connectivity index (χ1) is 14.8. The summed E-state index contributed by atoms with van der Waals surface area (Å²) in [6.45, 7) is 4.67. The van der Waals surface area contributed by atoms with Gasteiger partial charge in [-0.2, -0.15) is 0 Å². The number of pyridine rings is 2. The molecule has 0 aliphatic carbocycles. The maximum Gasteiger partial charge on any atom is 0.248 e. The maximum atomic E-state index is 12.1. The Bertz CT molecular complexity index is 965. The van der Waals surface area contributed by atoms with Gasteiger partial charge in [0, 0.05) is 45.0 Å². The number of piperazine rings is 1. The monoisotopic (exact) mass is 399 g/mol. The van der Waals surface area contributed by atoms with Gasteiger partial charge in [-0.05, 0) is 35.9 Å². The van der Waals surface area contributed by atoms with Crippen LogP contribution in [0, 0.1) is 0 Å². The van der Waals surface area contributed by atoms with E-state index in [1.807, 2.05) is 60.8 Å². The van der Waals surface area contributed by atoms with Crippen LogP contribution in [0.4, 0.5) is 11.5 Å². The van der Waals surface area contributed by atoms with Crippen molar-refractivity contribution >= 4 is 23.5 Å². The van der Waals surface area contributed by atoms with Gasteiger partial charge < -0.3 is 10.2 Å². The second-order valence-corrected chi connectivity index (χ2v) is 7.22. The van der Waals surface area contributed by atoms with Gasteiger partial charge in [-0.25, -0.2) is 4.98 Å². The molecule has 152 valence electrons. The first-order valence-electron chi connectivity index (χ1n) is 10.1. The molecule has 1 aliphatic rings. The van der Waals surface area contributed by atoms with Crippen molar-refractivity contribution in [3.63, 3.8) is 0 Å². The predicted molar refractivity (Wildman–Crippen MR) is 120 cm³/mol. The Morgan fingerprint density at radius 1 is 0.933 bits per heavy atom. The Morgan fingerprint density at radius 3 is 2.43 bits per heavy atom. The molecular formula is C24H25N5O. The van der Waals surface area contributed by atoms with E-state index in [9.17, 15) is 4.79 Å². The van der Waals surface area contributed by atoms with Gasteiger partial charge in [-0.15, -0.1) is 0 Å². The van der Waals surface area contributed by atoms with Crippen molar-refractivity contribution in [1.29, 1.82) is 0 Å². The van der Waals surface area contributed by atoms with Gasteiger partial charge >= 0.3 is 0 Å². The number of hydrogen-bond acceptors (Lipinski definition) is 5. The Kier molecular flexibility index (Phi) is 6.47. The number of nitrogens with one attached hydrogen (secondary N) is 1. The highest BCUT2D eigenvalue weighted by molar-refractivity contribution is 6.01. The normalized spacial score (nSPS) is 14.7. The van der Waals surface area contributed by atoms with Crippen LogP contribution in [0.5, 0.6) is 0 Å². The number of benzene rings is 1. The van der Waals surface area contributed by atoms with Crippen LogP contribution in [0.1, 0.15) is 11.3 Å². The SMILES string of the molecule is O=C(/C=C/c1ccccc1)Nc1ccc(N2CCN(Cc3ccccn3)CC2)nc1. The van der Waals surface area contributed by atoms with Crippen LogP contribution in [0.15, 0.2) is 79.1 Å². The summed E-state index contributed by atoms with van der Waals surface area (Å²) < 4.78 is 0. The van der Waals surface area contributed by atoms with Gasteiger partial charge in [0.1, 0.15) is 5.82 Å². The average Bonchev–Trinajstić information content (AvgIpc) is 2.80. The highest BCUT2D eigenvalue weighted by atomic mass is 16.1. The molecule has 4 rings (SSSR count). The minimum absolute atomic E-state index is 0.170. The third-order valence-corrected chi connectivity index (χ3v) is 5.05. The van der Waals surface area contributed by atoms with E-state index < -0.39 is 0 Å². The average molecular weight is 399 g/mol. The summed E-state index contributed by atoms with van der Waals surface area (Å²) in [5.41, 5.74) is 2.78. The molecule has 0 bridgehead atoms. The number of carbonyl (C=O) groups excluding carboxylic acids is 1. The van der Waals surface area contributed by atoms with E-state index in [1.54, 1.807) is 12.3 Å². The smallest absolute Gasteiger partial charge is 0.248 e. The fourth-order valence-electron chi connectivity index (χ4n) is 3.42. The van der Waals surface area contributed by atoms with E-state index >= 15 is 0 Å². The lowest BCUT2D eigenvalue weighted by molar-refractivity contribution is -0.111. The molecule has 6 heteroatoms. The Hall–Kier alpha value is -3.51. The second-order valence-electron chi connectivity index (χ2n) is 7.22. The summed E-state index contributed by atoms with van der Waals surface area (Å²) in [6.07, 6.45) is 6.88. The number of amides is 1. The maximum absolute atomic E-state index is 12.1. The van der Waals surface area contributed by atoms with Crippen LogP contribution in [0.2, 0.25) is 0 Å². The van der Waals surface area contributed by atoms with Crippen LogP contribution in [0.3, 0.4) is 0 Å². The van der Waals surface area contributed by atoms with Crippen LogP contribution in [0.25, 0.3) is 6.08 Å². The molecule has 30 heavy (non-hydrogen) atoms. The largest absolute Gasteiger partial charge is 0.354 e. The van der Waals surface area contributed by atoms with Crippen molar-refractivity contribution in [2.75, 3.05) is 36.4 Å². The molecule has 0 saturated carbocycles. The lowest BCUT2D eigenvalue weighted by atomic mass is 10.2. The number of aromatic nitrogens is 2. The van der Waals surface area contributed by atoms with Crippen molar-refractivity contribution in [3.05, 3.63) is 90.4 Å². The predicted octanol–water partition coefficient (Wildman–Crippen LogP) is 3.45. The summed E-state index contributed by atoms with van der Waals surface area (Å²) in [4.78, 5) is 25.7. The van der Waals surface area contributed by atoms with Crippen LogP contribution in [-0.2, 0) is 11.3 Å². The summed E-state index contributed by atoms with van der Waals surface area (Å²) >= 11 is 0. The Morgan fingerprint density at radius 2 is 1.73 bits per heavy atom. The van der Waals surface area contributed by atoms with Crippen molar-refractivity contribution in [1.82, 2.24) is 14.9 Å². The number of nitrogens with zero attached hydrogens (tertiary/aromatic N) is 4. The zero-order valence-corrected chi connectivity index (χ0v) is 16.8. The van der Waals surface area contributed by atoms with Gasteiger partial charge in [-0.3, -0.25) is 14.7 Å². The highest BCUT2D eigenvalue weighted by Gasteiger charge is 2.18. The molecule has 1 saturated heterocycles. The van der Waals surface area contributed by atoms with Gasteiger partial charge in [0.15, 0.2) is 0 Å². The third kappa shape index (κ3) is 5.52. The Balaban J connectivity index is 1.26. The molecule has 1 amide bonds. The van der Waals surface area contributed by atoms with Crippen LogP contribution >= 0.6 is 0 Å². The third-order valence-electron chi connectivity index (χ3n) is 5.05. The fraction of sp³-hybridized carbons (Fsp3) is 0.208. The zero-order chi connectivity index (χ0) is 20.6. The summed E-state index contributed by atoms with van der Waals surface area (Å²) in [6, 6.07) is 19.6. The number of hydrogen-bond donors (Lipinski definition) is 1. The fourth-order valence-corrected chi connectivity index (χ4v) is 3.42. The molecule has 6 nitrogen and oxygen atoms in total. The molecule has 0 radical (unpaired) electrons. The molecule has 1 N–H and O–H groups in total. The van der Waals surface area contributed by atoms with Gasteiger partial charge in [0.25, 0.3) is 0 Å². The molecule has 1 aliphatic heterocycles. The van der Waals surface area contributed by atoms with Crippen molar-refractivity contribution in [2.45, 2.75) is 6.54 Å². The van der Waals surface area contributed by atoms with Crippen molar-refractivity contribution < 1.29 is 4.79 Å². The highest BCUT2D eigenvalue weighted by Crippen LogP contribution is 2.17. The van der Waals surface area contributed by atoms with E-state index in [2.05, 4.69) is 31.2 Å². The van der Waals surface area contributed by atoms with Gasteiger partial charge in [0.2, 0.25) is 5.91 Å². The summed E-state index contributed by atoms with van der Waals surface area (Å²) in [5, 5.41) is 2.85. The zero-order valence-electron chi connectivity index (χ0n) is 16.8. The standard InChI is InChI=1S/C24H25N5O/c30-24(12-9-20-6-2-1-3-7-20)27-21-10-11-23(26-18-21)29-16-14-28(15-17-29)19-22-8-4-5-13-25-22/h1-13,18H,14-17,19H2,(H,27,30)/b12-9+. The first-order valence-corrected chi connectivity index (χ1v) is 10.1. The van der Waals surface area contributed by atoms with E-state index in [0.717, 1.165) is 49.8 Å². The quantitative estimate of drug-likeness (QED) is 0.644. The molecule has 1 fully saturated rings. The molecule has 0 spiro atoms. The molecule has 0 unspecified atom stereocenters. The van der Waals surface area contributed by atoms with Crippen molar-refractivity contribution in [3.8, 4) is 0 Å². The molecule has 2 aromatic heterocycles. The topological polar surface area (TPSA) is 61.4 Å². The summed E-state index contributed by atoms with van der Waals surface area (Å²) in [7, 11) is 0. The van der Waals surface area contributed by atoms with Gasteiger partial charge in [-0.1, -0.05) is 36.4 Å².